The Bertz CT molecular complexity index is 1590. The summed E-state index contributed by atoms with van der Waals surface area (Å²) in [5.41, 5.74) is 1.25. The van der Waals surface area contributed by atoms with E-state index in [1.54, 1.807) is 41.4 Å². The zero-order chi connectivity index (χ0) is 26.2. The number of carbonyl (C=O) groups excluding carboxylic acids is 1. The van der Waals surface area contributed by atoms with Crippen LogP contribution in [0.2, 0.25) is 0 Å². The molecule has 2 aliphatic heterocycles. The van der Waals surface area contributed by atoms with E-state index in [-0.39, 0.29) is 36.1 Å². The van der Waals surface area contributed by atoms with Crippen LogP contribution in [-0.2, 0) is 32.3 Å². The lowest BCUT2D eigenvalue weighted by Gasteiger charge is -2.31. The van der Waals surface area contributed by atoms with Gasteiger partial charge in [-0.2, -0.15) is 0 Å². The number of amides is 1. The third-order valence-corrected chi connectivity index (χ3v) is 9.47. The van der Waals surface area contributed by atoms with Crippen molar-refractivity contribution in [1.82, 2.24) is 9.88 Å². The molecule has 0 bridgehead atoms. The van der Waals surface area contributed by atoms with Gasteiger partial charge in [0.2, 0.25) is 5.90 Å². The van der Waals surface area contributed by atoms with Crippen LogP contribution in [0.25, 0.3) is 0 Å². The van der Waals surface area contributed by atoms with Crippen LogP contribution in [0.4, 0.5) is 0 Å². The smallest absolute Gasteiger partial charge is 0.255 e. The van der Waals surface area contributed by atoms with E-state index >= 15 is 0 Å². The van der Waals surface area contributed by atoms with Gasteiger partial charge in [0.15, 0.2) is 21.5 Å². The van der Waals surface area contributed by atoms with Crippen LogP contribution in [-0.4, -0.2) is 47.9 Å². The summed E-state index contributed by atoms with van der Waals surface area (Å²) in [6, 6.07) is 25.6. The van der Waals surface area contributed by atoms with Crippen molar-refractivity contribution < 1.29 is 17.9 Å². The van der Waals surface area contributed by atoms with E-state index in [0.29, 0.717) is 5.90 Å². The molecule has 0 radical (unpaired) electrons. The van der Waals surface area contributed by atoms with Gasteiger partial charge in [-0.3, -0.25) is 4.79 Å². The van der Waals surface area contributed by atoms with Crippen molar-refractivity contribution in [3.8, 4) is 0 Å². The molecule has 0 fully saturated rings. The van der Waals surface area contributed by atoms with Crippen molar-refractivity contribution in [3.05, 3.63) is 118 Å². The third kappa shape index (κ3) is 4.41. The number of hydrogen-bond donors (Lipinski definition) is 0. The van der Waals surface area contributed by atoms with Gasteiger partial charge in [-0.15, -0.1) is 11.3 Å². The topological polar surface area (TPSA) is 88.9 Å². The van der Waals surface area contributed by atoms with Gasteiger partial charge < -0.3 is 9.64 Å². The summed E-state index contributed by atoms with van der Waals surface area (Å²) >= 11 is 1.46. The predicted molar refractivity (Wildman–Crippen MR) is 146 cm³/mol. The first-order valence-corrected chi connectivity index (χ1v) is 14.8. The van der Waals surface area contributed by atoms with Crippen LogP contribution in [0.5, 0.6) is 0 Å². The number of hydrogen-bond acceptors (Lipinski definition) is 7. The first-order chi connectivity index (χ1) is 18.5. The van der Waals surface area contributed by atoms with Gasteiger partial charge in [0.25, 0.3) is 5.91 Å². The lowest BCUT2D eigenvalue weighted by atomic mass is 9.84. The molecule has 0 aliphatic carbocycles. The summed E-state index contributed by atoms with van der Waals surface area (Å²) in [5, 5.41) is 2.64. The Labute approximate surface area is 225 Å². The Morgan fingerprint density at radius 3 is 2.42 bits per heavy atom. The molecule has 2 aliphatic rings. The molecule has 1 aromatic heterocycles. The second-order valence-electron chi connectivity index (χ2n) is 9.37. The molecule has 0 N–H and O–H groups in total. The number of fused-ring (bicyclic) bond motifs is 3. The van der Waals surface area contributed by atoms with E-state index in [4.69, 9.17) is 9.73 Å². The molecule has 1 unspecified atom stereocenters. The molecule has 0 saturated heterocycles. The summed E-state index contributed by atoms with van der Waals surface area (Å²) in [4.78, 5) is 25.8. The van der Waals surface area contributed by atoms with Crippen molar-refractivity contribution in [1.29, 1.82) is 0 Å². The molecule has 3 heterocycles. The molecule has 6 rings (SSSR count). The zero-order valence-electron chi connectivity index (χ0n) is 20.4. The quantitative estimate of drug-likeness (QED) is 0.343. The number of aromatic nitrogens is 1. The maximum Gasteiger partial charge on any atom is 0.255 e. The second kappa shape index (κ2) is 9.81. The Morgan fingerprint density at radius 2 is 1.68 bits per heavy atom. The molecular formula is C29H25N3O4S2. The zero-order valence-corrected chi connectivity index (χ0v) is 22.1. The number of benzene rings is 3. The Balaban J connectivity index is 1.44. The average Bonchev–Trinajstić information content (AvgIpc) is 3.59. The standard InChI is InChI=1S/C29H25N3O4S2/c33-28-29(19-25-30-15-17-37-25)26(36-27(31-29)21-9-3-1-4-10-21)24-14-8-7-11-22(24)20-32(28)16-18-38(34,35)23-12-5-2-6-13-23/h1-15,17,26H,16,18-20H2/t26-,29?/m0/s1. The van der Waals surface area contributed by atoms with Crippen LogP contribution in [0.15, 0.2) is 106 Å². The normalized spacial score (nSPS) is 20.7. The number of rotatable bonds is 7. The molecule has 0 saturated carbocycles. The monoisotopic (exact) mass is 543 g/mol. The number of sulfone groups is 1. The molecule has 38 heavy (non-hydrogen) atoms. The molecule has 7 nitrogen and oxygen atoms in total. The summed E-state index contributed by atoms with van der Waals surface area (Å²) in [7, 11) is -3.59. The highest BCUT2D eigenvalue weighted by Crippen LogP contribution is 2.46. The Morgan fingerprint density at radius 1 is 0.974 bits per heavy atom. The molecular weight excluding hydrogens is 518 g/mol. The van der Waals surface area contributed by atoms with Crippen LogP contribution in [0, 0.1) is 0 Å². The highest BCUT2D eigenvalue weighted by Gasteiger charge is 2.57. The lowest BCUT2D eigenvalue weighted by Crippen LogP contribution is -2.50. The van der Waals surface area contributed by atoms with Crippen molar-refractivity contribution in [2.24, 2.45) is 4.99 Å². The highest BCUT2D eigenvalue weighted by atomic mass is 32.2. The largest absolute Gasteiger partial charge is 0.466 e. The molecule has 3 aromatic carbocycles. The maximum absolute atomic E-state index is 14.5. The van der Waals surface area contributed by atoms with Crippen LogP contribution < -0.4 is 0 Å². The SMILES string of the molecule is O=C1N(CCS(=O)(=O)c2ccccc2)Cc2ccccc2[C@@H]2OC(c3ccccc3)=NC12Cc1nccs1. The molecule has 192 valence electrons. The summed E-state index contributed by atoms with van der Waals surface area (Å²) in [6.45, 7) is 0.307. The number of ether oxygens (including phenoxy) is 1. The number of carbonyl (C=O) groups is 1. The van der Waals surface area contributed by atoms with E-state index in [1.807, 2.05) is 60.0 Å². The van der Waals surface area contributed by atoms with Gasteiger partial charge in [-0.1, -0.05) is 60.7 Å². The van der Waals surface area contributed by atoms with Gasteiger partial charge >= 0.3 is 0 Å². The maximum atomic E-state index is 14.5. The van der Waals surface area contributed by atoms with Gasteiger partial charge in [-0.25, -0.2) is 18.4 Å². The van der Waals surface area contributed by atoms with Crippen molar-refractivity contribution >= 4 is 33.0 Å². The van der Waals surface area contributed by atoms with E-state index in [1.165, 1.54) is 11.3 Å². The third-order valence-electron chi connectivity index (χ3n) is 6.98. The lowest BCUT2D eigenvalue weighted by molar-refractivity contribution is -0.139. The fraction of sp³-hybridized carbons (Fsp3) is 0.207. The Kier molecular flexibility index (Phi) is 6.33. The summed E-state index contributed by atoms with van der Waals surface area (Å²) in [5.74, 6) is -0.0591. The fourth-order valence-electron chi connectivity index (χ4n) is 5.09. The molecule has 9 heteroatoms. The van der Waals surface area contributed by atoms with Gasteiger partial charge in [0, 0.05) is 42.2 Å². The van der Waals surface area contributed by atoms with Gasteiger partial charge in [-0.05, 0) is 29.8 Å². The number of nitrogens with zero attached hydrogens (tertiary/aromatic N) is 3. The van der Waals surface area contributed by atoms with E-state index in [0.717, 1.165) is 21.7 Å². The Hall–Kier alpha value is -3.82. The predicted octanol–water partition coefficient (Wildman–Crippen LogP) is 4.46. The van der Waals surface area contributed by atoms with Crippen molar-refractivity contribution in [2.75, 3.05) is 12.3 Å². The van der Waals surface area contributed by atoms with Gasteiger partial charge in [0.1, 0.15) is 0 Å². The van der Waals surface area contributed by atoms with E-state index in [2.05, 4.69) is 4.98 Å². The first-order valence-electron chi connectivity index (χ1n) is 12.3. The van der Waals surface area contributed by atoms with E-state index < -0.39 is 21.5 Å². The van der Waals surface area contributed by atoms with Crippen molar-refractivity contribution in [2.45, 2.75) is 29.5 Å². The molecule has 1 amide bonds. The minimum absolute atomic E-state index is 0.0346. The van der Waals surface area contributed by atoms with Gasteiger partial charge in [0.05, 0.1) is 15.7 Å². The number of aliphatic imine (C=N–C) groups is 1. The molecule has 2 atom stereocenters. The summed E-state index contributed by atoms with van der Waals surface area (Å²) < 4.78 is 32.7. The highest BCUT2D eigenvalue weighted by molar-refractivity contribution is 7.91. The average molecular weight is 544 g/mol. The first kappa shape index (κ1) is 24.5. The minimum Gasteiger partial charge on any atom is -0.466 e. The van der Waals surface area contributed by atoms with Crippen molar-refractivity contribution in [3.63, 3.8) is 0 Å². The molecule has 0 spiro atoms. The van der Waals surface area contributed by atoms with E-state index in [9.17, 15) is 13.2 Å². The second-order valence-corrected chi connectivity index (χ2v) is 12.5. The minimum atomic E-state index is -3.59. The summed E-state index contributed by atoms with van der Waals surface area (Å²) in [6.07, 6.45) is 1.30. The molecule has 4 aromatic rings. The van der Waals surface area contributed by atoms with Crippen LogP contribution in [0.3, 0.4) is 0 Å². The van der Waals surface area contributed by atoms with Crippen LogP contribution in [0.1, 0.15) is 27.8 Å². The van der Waals surface area contributed by atoms with Crippen LogP contribution >= 0.6 is 11.3 Å². The number of thiazole rings is 1. The fourth-order valence-corrected chi connectivity index (χ4v) is 7.06.